The minimum atomic E-state index is -0.508. The van der Waals surface area contributed by atoms with Gasteiger partial charge in [0.15, 0.2) is 5.43 Å². The van der Waals surface area contributed by atoms with Gasteiger partial charge < -0.3 is 15.6 Å². The fourth-order valence-electron chi connectivity index (χ4n) is 1.67. The molecule has 0 fully saturated rings. The van der Waals surface area contributed by atoms with E-state index in [1.165, 1.54) is 25.4 Å². The molecule has 0 aliphatic carbocycles. The molecular weight excluding hydrogens is 258 g/mol. The summed E-state index contributed by atoms with van der Waals surface area (Å²) >= 11 is 0. The Morgan fingerprint density at radius 2 is 1.80 bits per heavy atom. The van der Waals surface area contributed by atoms with Crippen LogP contribution in [0.5, 0.6) is 0 Å². The number of nitrogens with one attached hydrogen (secondary N) is 3. The van der Waals surface area contributed by atoms with Gasteiger partial charge in [-0.15, -0.1) is 0 Å². The van der Waals surface area contributed by atoms with Crippen LogP contribution < -0.4 is 16.1 Å². The fourth-order valence-corrected chi connectivity index (χ4v) is 1.67. The molecular formula is C14H13N3O3. The second-order valence-electron chi connectivity index (χ2n) is 4.14. The van der Waals surface area contributed by atoms with Crippen molar-refractivity contribution in [3.63, 3.8) is 0 Å². The zero-order valence-corrected chi connectivity index (χ0v) is 10.8. The third kappa shape index (κ3) is 3.32. The number of aromatic amines is 1. The predicted octanol–water partition coefficient (Wildman–Crippen LogP) is 1.59. The molecule has 102 valence electrons. The van der Waals surface area contributed by atoms with E-state index in [9.17, 15) is 14.4 Å². The third-order valence-electron chi connectivity index (χ3n) is 2.51. The first-order valence-electron chi connectivity index (χ1n) is 5.92. The number of pyridine rings is 1. The van der Waals surface area contributed by atoms with E-state index in [1.807, 2.05) is 0 Å². The number of amides is 2. The van der Waals surface area contributed by atoms with Gasteiger partial charge >= 0.3 is 0 Å². The first kappa shape index (κ1) is 13.5. The Bertz CT molecular complexity index is 707. The molecule has 20 heavy (non-hydrogen) atoms. The summed E-state index contributed by atoms with van der Waals surface area (Å²) in [6.45, 7) is 1.40. The van der Waals surface area contributed by atoms with Crippen molar-refractivity contribution in [2.24, 2.45) is 0 Å². The first-order valence-corrected chi connectivity index (χ1v) is 5.92. The number of benzene rings is 1. The molecule has 2 amide bonds. The molecule has 1 heterocycles. The van der Waals surface area contributed by atoms with E-state index in [0.29, 0.717) is 11.4 Å². The number of rotatable bonds is 3. The number of aromatic nitrogens is 1. The summed E-state index contributed by atoms with van der Waals surface area (Å²) in [6, 6.07) is 7.95. The van der Waals surface area contributed by atoms with Crippen molar-refractivity contribution in [2.45, 2.75) is 6.92 Å². The van der Waals surface area contributed by atoms with Crippen molar-refractivity contribution in [3.8, 4) is 0 Å². The van der Waals surface area contributed by atoms with Crippen LogP contribution in [0.4, 0.5) is 11.4 Å². The lowest BCUT2D eigenvalue weighted by molar-refractivity contribution is -0.114. The van der Waals surface area contributed by atoms with Crippen molar-refractivity contribution in [1.82, 2.24) is 4.98 Å². The lowest BCUT2D eigenvalue weighted by Gasteiger charge is -2.07. The lowest BCUT2D eigenvalue weighted by atomic mass is 10.2. The van der Waals surface area contributed by atoms with Crippen LogP contribution >= 0.6 is 0 Å². The van der Waals surface area contributed by atoms with E-state index in [2.05, 4.69) is 15.6 Å². The monoisotopic (exact) mass is 271 g/mol. The van der Waals surface area contributed by atoms with Crippen molar-refractivity contribution in [2.75, 3.05) is 10.6 Å². The van der Waals surface area contributed by atoms with Gasteiger partial charge in [-0.3, -0.25) is 14.4 Å². The third-order valence-corrected chi connectivity index (χ3v) is 2.51. The SMILES string of the molecule is CC(=O)Nc1cccc(NC(=O)c2c[nH]ccc2=O)c1. The van der Waals surface area contributed by atoms with Gasteiger partial charge in [0.1, 0.15) is 5.56 Å². The molecule has 6 heteroatoms. The summed E-state index contributed by atoms with van der Waals surface area (Å²) in [5, 5.41) is 5.21. The van der Waals surface area contributed by atoms with Crippen molar-refractivity contribution < 1.29 is 9.59 Å². The van der Waals surface area contributed by atoms with Gasteiger partial charge in [0, 0.05) is 36.8 Å². The number of carbonyl (C=O) groups excluding carboxylic acids is 2. The van der Waals surface area contributed by atoms with E-state index in [-0.39, 0.29) is 16.9 Å². The average Bonchev–Trinajstić information content (AvgIpc) is 2.38. The van der Waals surface area contributed by atoms with E-state index < -0.39 is 5.91 Å². The molecule has 0 spiro atoms. The van der Waals surface area contributed by atoms with Crippen LogP contribution in [0.1, 0.15) is 17.3 Å². The summed E-state index contributed by atoms with van der Waals surface area (Å²) in [7, 11) is 0. The molecule has 2 aromatic rings. The minimum Gasteiger partial charge on any atom is -0.367 e. The standard InChI is InChI=1S/C14H13N3O3/c1-9(18)16-10-3-2-4-11(7-10)17-14(20)12-8-15-6-5-13(12)19/h2-8H,1H3,(H,15,19)(H,16,18)(H,17,20). The second kappa shape index (κ2) is 5.83. The molecule has 0 aliphatic heterocycles. The molecule has 0 aliphatic rings. The molecule has 3 N–H and O–H groups in total. The zero-order valence-electron chi connectivity index (χ0n) is 10.8. The first-order chi connectivity index (χ1) is 9.56. The van der Waals surface area contributed by atoms with E-state index in [4.69, 9.17) is 0 Å². The van der Waals surface area contributed by atoms with Crippen LogP contribution in [0, 0.1) is 0 Å². The quantitative estimate of drug-likeness (QED) is 0.791. The van der Waals surface area contributed by atoms with E-state index >= 15 is 0 Å². The number of H-pyrrole nitrogens is 1. The molecule has 6 nitrogen and oxygen atoms in total. The van der Waals surface area contributed by atoms with Crippen LogP contribution in [-0.2, 0) is 4.79 Å². The van der Waals surface area contributed by atoms with Crippen LogP contribution in [0.3, 0.4) is 0 Å². The maximum Gasteiger partial charge on any atom is 0.261 e. The molecule has 0 bridgehead atoms. The summed E-state index contributed by atoms with van der Waals surface area (Å²) in [5.74, 6) is -0.709. The normalized spacial score (nSPS) is 9.85. The van der Waals surface area contributed by atoms with Gasteiger partial charge in [0.05, 0.1) is 0 Å². The second-order valence-corrected chi connectivity index (χ2v) is 4.14. The number of hydrogen-bond acceptors (Lipinski definition) is 3. The highest BCUT2D eigenvalue weighted by Crippen LogP contribution is 2.15. The highest BCUT2D eigenvalue weighted by atomic mass is 16.2. The molecule has 1 aromatic carbocycles. The smallest absolute Gasteiger partial charge is 0.261 e. The summed E-state index contributed by atoms with van der Waals surface area (Å²) in [6.07, 6.45) is 2.80. The molecule has 0 saturated heterocycles. The van der Waals surface area contributed by atoms with Crippen LogP contribution in [-0.4, -0.2) is 16.8 Å². The zero-order chi connectivity index (χ0) is 14.5. The Morgan fingerprint density at radius 1 is 1.10 bits per heavy atom. The van der Waals surface area contributed by atoms with Crippen molar-refractivity contribution >= 4 is 23.2 Å². The van der Waals surface area contributed by atoms with Gasteiger partial charge in [0.25, 0.3) is 5.91 Å². The van der Waals surface area contributed by atoms with E-state index in [0.717, 1.165) is 0 Å². The highest BCUT2D eigenvalue weighted by molar-refractivity contribution is 6.04. The van der Waals surface area contributed by atoms with Gasteiger partial charge in [-0.1, -0.05) is 6.07 Å². The molecule has 0 unspecified atom stereocenters. The molecule has 0 atom stereocenters. The maximum atomic E-state index is 11.9. The number of anilines is 2. The maximum absolute atomic E-state index is 11.9. The van der Waals surface area contributed by atoms with Gasteiger partial charge in [-0.25, -0.2) is 0 Å². The van der Waals surface area contributed by atoms with Crippen LogP contribution in [0.15, 0.2) is 47.5 Å². The summed E-state index contributed by atoms with van der Waals surface area (Å²) in [4.78, 5) is 37.1. The van der Waals surface area contributed by atoms with Crippen molar-refractivity contribution in [3.05, 3.63) is 58.5 Å². The lowest BCUT2D eigenvalue weighted by Crippen LogP contribution is -2.20. The Balaban J connectivity index is 2.18. The minimum absolute atomic E-state index is 0.0254. The Kier molecular flexibility index (Phi) is 3.95. The van der Waals surface area contributed by atoms with E-state index in [1.54, 1.807) is 24.3 Å². The largest absolute Gasteiger partial charge is 0.367 e. The summed E-state index contributed by atoms with van der Waals surface area (Å²) in [5.41, 5.74) is 0.721. The Morgan fingerprint density at radius 3 is 2.45 bits per heavy atom. The number of hydrogen-bond donors (Lipinski definition) is 3. The highest BCUT2D eigenvalue weighted by Gasteiger charge is 2.09. The van der Waals surface area contributed by atoms with Gasteiger partial charge in [-0.2, -0.15) is 0 Å². The predicted molar refractivity (Wildman–Crippen MR) is 75.8 cm³/mol. The van der Waals surface area contributed by atoms with Crippen molar-refractivity contribution in [1.29, 1.82) is 0 Å². The molecule has 0 radical (unpaired) electrons. The molecule has 1 aromatic heterocycles. The topological polar surface area (TPSA) is 91.1 Å². The average molecular weight is 271 g/mol. The number of carbonyl (C=O) groups is 2. The van der Waals surface area contributed by atoms with Crippen LogP contribution in [0.2, 0.25) is 0 Å². The molecule has 2 rings (SSSR count). The fraction of sp³-hybridized carbons (Fsp3) is 0.0714. The van der Waals surface area contributed by atoms with Gasteiger partial charge in [-0.05, 0) is 18.2 Å². The summed E-state index contributed by atoms with van der Waals surface area (Å²) < 4.78 is 0. The molecule has 0 saturated carbocycles. The van der Waals surface area contributed by atoms with Gasteiger partial charge in [0.2, 0.25) is 5.91 Å². The Hall–Kier alpha value is -2.89. The Labute approximate surface area is 114 Å². The van der Waals surface area contributed by atoms with Crippen LogP contribution in [0.25, 0.3) is 0 Å².